The molecule has 0 bridgehead atoms. The molecule has 0 aliphatic carbocycles. The van der Waals surface area contributed by atoms with Crippen LogP contribution in [0.4, 0.5) is 0 Å². The van der Waals surface area contributed by atoms with Gasteiger partial charge in [0, 0.05) is 33.2 Å². The summed E-state index contributed by atoms with van der Waals surface area (Å²) in [4.78, 5) is 17.3. The van der Waals surface area contributed by atoms with Gasteiger partial charge in [-0.3, -0.25) is 9.78 Å². The van der Waals surface area contributed by atoms with E-state index in [4.69, 9.17) is 0 Å². The van der Waals surface area contributed by atoms with Crippen LogP contribution in [-0.4, -0.2) is 10.8 Å². The Morgan fingerprint density at radius 3 is 2.94 bits per heavy atom. The summed E-state index contributed by atoms with van der Waals surface area (Å²) in [6.07, 6.45) is 3.48. The van der Waals surface area contributed by atoms with Crippen molar-refractivity contribution >= 4 is 43.8 Å². The van der Waals surface area contributed by atoms with Crippen molar-refractivity contribution in [3.8, 4) is 0 Å². The molecule has 2 nitrogen and oxygen atoms in total. The molecule has 0 unspecified atom stereocenters. The number of ketones is 1. The summed E-state index contributed by atoms with van der Waals surface area (Å²) in [5.41, 5.74) is 0.704. The number of fused-ring (bicyclic) bond motifs is 1. The molecule has 0 saturated carbocycles. The summed E-state index contributed by atoms with van der Waals surface area (Å²) < 4.78 is 0.939. The first-order valence-corrected chi connectivity index (χ1v) is 7.04. The number of benzene rings is 1. The largest absolute Gasteiger partial charge is 0.288 e. The predicted octanol–water partition coefficient (Wildman–Crippen LogP) is 4.29. The van der Waals surface area contributed by atoms with E-state index >= 15 is 0 Å². The number of hydrogen-bond donors (Lipinski definition) is 0. The van der Waals surface area contributed by atoms with Crippen molar-refractivity contribution in [2.75, 3.05) is 0 Å². The summed E-state index contributed by atoms with van der Waals surface area (Å²) in [6.45, 7) is 0. The molecule has 18 heavy (non-hydrogen) atoms. The van der Waals surface area contributed by atoms with Crippen LogP contribution in [0.5, 0.6) is 0 Å². The molecule has 0 aliphatic heterocycles. The molecule has 0 spiro atoms. The Morgan fingerprint density at radius 1 is 1.28 bits per heavy atom. The molecule has 3 rings (SSSR count). The molecule has 88 valence electrons. The van der Waals surface area contributed by atoms with Gasteiger partial charge in [0.05, 0.1) is 4.88 Å². The summed E-state index contributed by atoms with van der Waals surface area (Å²) in [6, 6.07) is 9.50. The fourth-order valence-electron chi connectivity index (χ4n) is 1.88. The second-order valence-electron chi connectivity index (χ2n) is 3.86. The minimum atomic E-state index is 0.0456. The van der Waals surface area contributed by atoms with E-state index in [1.165, 1.54) is 11.3 Å². The standard InChI is InChI=1S/C14H8BrNOS/c15-10-6-13(18-8-10)14(17)11-3-1-2-9-4-5-16-7-12(9)11/h1-8H. The van der Waals surface area contributed by atoms with Gasteiger partial charge in [-0.15, -0.1) is 11.3 Å². The second kappa shape index (κ2) is 4.63. The van der Waals surface area contributed by atoms with Crippen molar-refractivity contribution in [3.63, 3.8) is 0 Å². The van der Waals surface area contributed by atoms with Gasteiger partial charge in [-0.1, -0.05) is 18.2 Å². The van der Waals surface area contributed by atoms with Crippen molar-refractivity contribution in [1.29, 1.82) is 0 Å². The Morgan fingerprint density at radius 2 is 2.17 bits per heavy atom. The molecule has 0 saturated heterocycles. The number of carbonyl (C=O) groups excluding carboxylic acids is 1. The van der Waals surface area contributed by atoms with Gasteiger partial charge in [0.15, 0.2) is 0 Å². The van der Waals surface area contributed by atoms with Gasteiger partial charge in [0.2, 0.25) is 5.78 Å². The average molecular weight is 318 g/mol. The maximum atomic E-state index is 12.4. The Hall–Kier alpha value is -1.52. The zero-order chi connectivity index (χ0) is 12.5. The maximum absolute atomic E-state index is 12.4. The molecule has 0 aliphatic rings. The van der Waals surface area contributed by atoms with E-state index in [0.29, 0.717) is 5.56 Å². The third-order valence-corrected chi connectivity index (χ3v) is 4.41. The molecule has 2 aromatic heterocycles. The molecule has 0 radical (unpaired) electrons. The van der Waals surface area contributed by atoms with E-state index in [1.807, 2.05) is 35.7 Å². The SMILES string of the molecule is O=C(c1cc(Br)cs1)c1cccc2ccncc12. The highest BCUT2D eigenvalue weighted by atomic mass is 79.9. The molecule has 2 heterocycles. The van der Waals surface area contributed by atoms with Crippen molar-refractivity contribution in [1.82, 2.24) is 4.98 Å². The summed E-state index contributed by atoms with van der Waals surface area (Å²) >= 11 is 4.81. The van der Waals surface area contributed by atoms with E-state index in [9.17, 15) is 4.79 Å². The Kier molecular flexibility index (Phi) is 2.97. The molecular formula is C14H8BrNOS. The monoisotopic (exact) mass is 317 g/mol. The molecule has 1 aromatic carbocycles. The van der Waals surface area contributed by atoms with Crippen LogP contribution in [-0.2, 0) is 0 Å². The highest BCUT2D eigenvalue weighted by Gasteiger charge is 2.14. The fraction of sp³-hybridized carbons (Fsp3) is 0. The van der Waals surface area contributed by atoms with Crippen LogP contribution in [0.2, 0.25) is 0 Å². The first kappa shape index (κ1) is 11.6. The van der Waals surface area contributed by atoms with Crippen molar-refractivity contribution < 1.29 is 4.79 Å². The van der Waals surface area contributed by atoms with Crippen LogP contribution in [0.3, 0.4) is 0 Å². The number of nitrogens with zero attached hydrogens (tertiary/aromatic N) is 1. The Bertz CT molecular complexity index is 730. The summed E-state index contributed by atoms with van der Waals surface area (Å²) in [5, 5.41) is 3.84. The van der Waals surface area contributed by atoms with Gasteiger partial charge in [-0.2, -0.15) is 0 Å². The van der Waals surface area contributed by atoms with Crippen molar-refractivity contribution in [2.24, 2.45) is 0 Å². The highest BCUT2D eigenvalue weighted by molar-refractivity contribution is 9.10. The number of hydrogen-bond acceptors (Lipinski definition) is 3. The van der Waals surface area contributed by atoms with Crippen LogP contribution in [0.25, 0.3) is 10.8 Å². The second-order valence-corrected chi connectivity index (χ2v) is 5.69. The van der Waals surface area contributed by atoms with Gasteiger partial charge in [0.1, 0.15) is 0 Å². The van der Waals surface area contributed by atoms with Gasteiger partial charge in [-0.05, 0) is 33.4 Å². The van der Waals surface area contributed by atoms with E-state index < -0.39 is 0 Å². The van der Waals surface area contributed by atoms with Crippen LogP contribution in [0.15, 0.2) is 52.6 Å². The highest BCUT2D eigenvalue weighted by Crippen LogP contribution is 2.25. The number of halogens is 1. The molecule has 3 aromatic rings. The van der Waals surface area contributed by atoms with E-state index in [2.05, 4.69) is 20.9 Å². The molecule has 0 fully saturated rings. The molecule has 0 N–H and O–H groups in total. The lowest BCUT2D eigenvalue weighted by atomic mass is 10.0. The minimum absolute atomic E-state index is 0.0456. The lowest BCUT2D eigenvalue weighted by Gasteiger charge is -2.03. The van der Waals surface area contributed by atoms with Crippen LogP contribution in [0.1, 0.15) is 15.2 Å². The quantitative estimate of drug-likeness (QED) is 0.660. The first-order chi connectivity index (χ1) is 8.75. The van der Waals surface area contributed by atoms with Gasteiger partial charge < -0.3 is 0 Å². The van der Waals surface area contributed by atoms with E-state index in [0.717, 1.165) is 20.1 Å². The van der Waals surface area contributed by atoms with Gasteiger partial charge in [0.25, 0.3) is 0 Å². The Balaban J connectivity index is 2.17. The molecule has 0 amide bonds. The topological polar surface area (TPSA) is 30.0 Å². The van der Waals surface area contributed by atoms with E-state index in [1.54, 1.807) is 12.4 Å². The lowest BCUT2D eigenvalue weighted by molar-refractivity contribution is 0.104. The smallest absolute Gasteiger partial charge is 0.203 e. The van der Waals surface area contributed by atoms with Crippen LogP contribution >= 0.6 is 27.3 Å². The number of aromatic nitrogens is 1. The van der Waals surface area contributed by atoms with Gasteiger partial charge in [-0.25, -0.2) is 0 Å². The maximum Gasteiger partial charge on any atom is 0.203 e. The zero-order valence-electron chi connectivity index (χ0n) is 9.26. The average Bonchev–Trinajstić information content (AvgIpc) is 2.84. The first-order valence-electron chi connectivity index (χ1n) is 5.37. The summed E-state index contributed by atoms with van der Waals surface area (Å²) in [7, 11) is 0. The molecular weight excluding hydrogens is 310 g/mol. The molecule has 0 atom stereocenters. The van der Waals surface area contributed by atoms with E-state index in [-0.39, 0.29) is 5.78 Å². The summed E-state index contributed by atoms with van der Waals surface area (Å²) in [5.74, 6) is 0.0456. The fourth-order valence-corrected chi connectivity index (χ4v) is 3.26. The van der Waals surface area contributed by atoms with Crippen LogP contribution in [0, 0.1) is 0 Å². The van der Waals surface area contributed by atoms with Crippen LogP contribution < -0.4 is 0 Å². The Labute approximate surface area is 116 Å². The molecule has 4 heteroatoms. The van der Waals surface area contributed by atoms with Crippen molar-refractivity contribution in [3.05, 3.63) is 63.0 Å². The predicted molar refractivity (Wildman–Crippen MR) is 77.2 cm³/mol. The number of pyridine rings is 1. The zero-order valence-corrected chi connectivity index (χ0v) is 11.7. The number of thiophene rings is 1. The normalized spacial score (nSPS) is 10.7. The minimum Gasteiger partial charge on any atom is -0.288 e. The number of carbonyl (C=O) groups is 1. The third kappa shape index (κ3) is 1.98. The third-order valence-electron chi connectivity index (χ3n) is 2.72. The lowest BCUT2D eigenvalue weighted by Crippen LogP contribution is -1.99. The number of rotatable bonds is 2. The van der Waals surface area contributed by atoms with Gasteiger partial charge >= 0.3 is 0 Å². The van der Waals surface area contributed by atoms with Crippen molar-refractivity contribution in [2.45, 2.75) is 0 Å².